The zero-order valence-electron chi connectivity index (χ0n) is 19.5. The van der Waals surface area contributed by atoms with Gasteiger partial charge in [-0.1, -0.05) is 48.0 Å². The Balaban J connectivity index is 3.55. The van der Waals surface area contributed by atoms with Crippen LogP contribution in [0.2, 0.25) is 0 Å². The fourth-order valence-electron chi connectivity index (χ4n) is 3.09. The first-order valence-electron chi connectivity index (χ1n) is 11.4. The van der Waals surface area contributed by atoms with Gasteiger partial charge in [-0.15, -0.1) is 0 Å². The Bertz CT molecular complexity index is 313. The Kier molecular flexibility index (Phi) is 17.7. The van der Waals surface area contributed by atoms with Crippen LogP contribution in [0.5, 0.6) is 0 Å². The van der Waals surface area contributed by atoms with E-state index in [1.165, 1.54) is 6.42 Å². The summed E-state index contributed by atoms with van der Waals surface area (Å²) in [5, 5.41) is 17.7. The lowest BCUT2D eigenvalue weighted by molar-refractivity contribution is 0.394. The van der Waals surface area contributed by atoms with E-state index in [4.69, 9.17) is 0 Å². The summed E-state index contributed by atoms with van der Waals surface area (Å²) in [6, 6.07) is 0. The highest BCUT2D eigenvalue weighted by molar-refractivity contribution is 4.68. The Labute approximate surface area is 170 Å². The molecule has 5 unspecified atom stereocenters. The maximum absolute atomic E-state index is 3.64. The largest absolute Gasteiger partial charge is 0.319 e. The lowest BCUT2D eigenvalue weighted by atomic mass is 10.1. The van der Waals surface area contributed by atoms with Crippen LogP contribution in [-0.4, -0.2) is 66.0 Å². The van der Waals surface area contributed by atoms with Gasteiger partial charge in [0.05, 0.1) is 0 Å². The van der Waals surface area contributed by atoms with Crippen molar-refractivity contribution >= 4 is 0 Å². The topological polar surface area (TPSA) is 60.1 Å². The fraction of sp³-hybridized carbons (Fsp3) is 1.00. The summed E-state index contributed by atoms with van der Waals surface area (Å²) in [5.41, 5.74) is 0. The van der Waals surface area contributed by atoms with Crippen LogP contribution in [0.1, 0.15) is 48.0 Å². The van der Waals surface area contributed by atoms with Crippen molar-refractivity contribution in [2.75, 3.05) is 66.0 Å². The first-order valence-corrected chi connectivity index (χ1v) is 11.4. The third-order valence-corrected chi connectivity index (χ3v) is 5.19. The van der Waals surface area contributed by atoms with Gasteiger partial charge in [0.1, 0.15) is 0 Å². The predicted molar refractivity (Wildman–Crippen MR) is 122 cm³/mol. The molecule has 0 aliphatic rings. The van der Waals surface area contributed by atoms with E-state index in [0.29, 0.717) is 23.7 Å². The molecule has 0 heterocycles. The van der Waals surface area contributed by atoms with Gasteiger partial charge in [0.15, 0.2) is 0 Å². The summed E-state index contributed by atoms with van der Waals surface area (Å²) in [4.78, 5) is 0. The molecule has 5 atom stereocenters. The number of hydrogen-bond donors (Lipinski definition) is 5. The van der Waals surface area contributed by atoms with Gasteiger partial charge in [0.2, 0.25) is 0 Å². The molecule has 0 fully saturated rings. The van der Waals surface area contributed by atoms with E-state index in [1.54, 1.807) is 0 Å². The summed E-state index contributed by atoms with van der Waals surface area (Å²) in [6.45, 7) is 23.7. The van der Waals surface area contributed by atoms with Crippen molar-refractivity contribution in [2.45, 2.75) is 48.0 Å². The van der Waals surface area contributed by atoms with Gasteiger partial charge in [-0.25, -0.2) is 0 Å². The Hall–Kier alpha value is -0.200. The van der Waals surface area contributed by atoms with E-state index >= 15 is 0 Å². The lowest BCUT2D eigenvalue weighted by Crippen LogP contribution is -2.37. The first-order chi connectivity index (χ1) is 12.9. The summed E-state index contributed by atoms with van der Waals surface area (Å²) >= 11 is 0. The minimum atomic E-state index is 0.668. The van der Waals surface area contributed by atoms with E-state index in [0.717, 1.165) is 64.8 Å². The van der Waals surface area contributed by atoms with E-state index in [-0.39, 0.29) is 0 Å². The molecule has 0 aromatic rings. The maximum Gasteiger partial charge on any atom is -0.00109 e. The first kappa shape index (κ1) is 26.8. The van der Waals surface area contributed by atoms with Crippen LogP contribution < -0.4 is 26.6 Å². The highest BCUT2D eigenvalue weighted by atomic mass is 14.9. The van der Waals surface area contributed by atoms with Gasteiger partial charge in [-0.3, -0.25) is 0 Å². The van der Waals surface area contributed by atoms with E-state index in [1.807, 2.05) is 7.05 Å². The quantitative estimate of drug-likeness (QED) is 0.236. The summed E-state index contributed by atoms with van der Waals surface area (Å²) < 4.78 is 0. The standard InChI is InChI=1S/C22H51N5/c1-8-18(2)10-24-12-20(4)14-26-16-22(6)17-27-15-21(5)13-25-11-19(3)9-23-7/h18-27H,8-17H2,1-7H3. The maximum atomic E-state index is 3.64. The zero-order valence-corrected chi connectivity index (χ0v) is 19.5. The monoisotopic (exact) mass is 385 g/mol. The van der Waals surface area contributed by atoms with Gasteiger partial charge >= 0.3 is 0 Å². The molecule has 0 saturated carbocycles. The molecule has 0 spiro atoms. The van der Waals surface area contributed by atoms with Crippen LogP contribution in [0.3, 0.4) is 0 Å². The normalized spacial score (nSPS) is 17.4. The van der Waals surface area contributed by atoms with Gasteiger partial charge in [-0.2, -0.15) is 0 Å². The highest BCUT2D eigenvalue weighted by Gasteiger charge is 2.07. The molecule has 0 aromatic carbocycles. The van der Waals surface area contributed by atoms with Crippen molar-refractivity contribution in [2.24, 2.45) is 29.6 Å². The molecular weight excluding hydrogens is 334 g/mol. The average Bonchev–Trinajstić information content (AvgIpc) is 2.61. The SMILES string of the molecule is CCC(C)CNCC(C)CNCC(C)CNCC(C)CNCC(C)CNC. The zero-order chi connectivity index (χ0) is 20.5. The van der Waals surface area contributed by atoms with Crippen LogP contribution in [-0.2, 0) is 0 Å². The second kappa shape index (κ2) is 17.9. The summed E-state index contributed by atoms with van der Waals surface area (Å²) in [5.74, 6) is 3.50. The van der Waals surface area contributed by atoms with Crippen molar-refractivity contribution in [1.29, 1.82) is 0 Å². The third kappa shape index (κ3) is 17.6. The molecule has 0 aromatic heterocycles. The number of hydrogen-bond acceptors (Lipinski definition) is 5. The molecule has 0 saturated heterocycles. The molecule has 27 heavy (non-hydrogen) atoms. The van der Waals surface area contributed by atoms with Crippen molar-refractivity contribution in [3.63, 3.8) is 0 Å². The summed E-state index contributed by atoms with van der Waals surface area (Å²) in [7, 11) is 2.02. The van der Waals surface area contributed by atoms with E-state index in [2.05, 4.69) is 68.1 Å². The number of nitrogens with one attached hydrogen (secondary N) is 5. The molecular formula is C22H51N5. The molecule has 0 radical (unpaired) electrons. The minimum Gasteiger partial charge on any atom is -0.319 e. The Morgan fingerprint density at radius 3 is 0.963 bits per heavy atom. The van der Waals surface area contributed by atoms with Gasteiger partial charge in [0, 0.05) is 0 Å². The lowest BCUT2D eigenvalue weighted by Gasteiger charge is -2.19. The van der Waals surface area contributed by atoms with Gasteiger partial charge in [-0.05, 0) is 95.5 Å². The molecule has 0 amide bonds. The van der Waals surface area contributed by atoms with Crippen LogP contribution in [0, 0.1) is 29.6 Å². The van der Waals surface area contributed by atoms with E-state index in [9.17, 15) is 0 Å². The van der Waals surface area contributed by atoms with Crippen molar-refractivity contribution < 1.29 is 0 Å². The molecule has 164 valence electrons. The molecule has 5 heteroatoms. The second-order valence-corrected chi connectivity index (χ2v) is 9.12. The molecule has 5 N–H and O–H groups in total. The van der Waals surface area contributed by atoms with Crippen LogP contribution >= 0.6 is 0 Å². The number of rotatable bonds is 19. The molecule has 0 bridgehead atoms. The second-order valence-electron chi connectivity index (χ2n) is 9.12. The highest BCUT2D eigenvalue weighted by Crippen LogP contribution is 1.99. The Morgan fingerprint density at radius 2 is 0.704 bits per heavy atom. The summed E-state index contributed by atoms with van der Waals surface area (Å²) in [6.07, 6.45) is 1.26. The predicted octanol–water partition coefficient (Wildman–Crippen LogP) is 2.15. The molecule has 5 nitrogen and oxygen atoms in total. The van der Waals surface area contributed by atoms with Gasteiger partial charge in [0.25, 0.3) is 0 Å². The van der Waals surface area contributed by atoms with Gasteiger partial charge < -0.3 is 26.6 Å². The molecule has 0 aliphatic carbocycles. The third-order valence-electron chi connectivity index (χ3n) is 5.19. The average molecular weight is 386 g/mol. The van der Waals surface area contributed by atoms with Crippen molar-refractivity contribution in [3.8, 4) is 0 Å². The van der Waals surface area contributed by atoms with Crippen molar-refractivity contribution in [1.82, 2.24) is 26.6 Å². The Morgan fingerprint density at radius 1 is 0.444 bits per heavy atom. The van der Waals surface area contributed by atoms with Crippen LogP contribution in [0.4, 0.5) is 0 Å². The van der Waals surface area contributed by atoms with Crippen LogP contribution in [0.25, 0.3) is 0 Å². The van der Waals surface area contributed by atoms with Crippen molar-refractivity contribution in [3.05, 3.63) is 0 Å². The molecule has 0 aliphatic heterocycles. The molecule has 0 rings (SSSR count). The van der Waals surface area contributed by atoms with Crippen LogP contribution in [0.15, 0.2) is 0 Å². The minimum absolute atomic E-state index is 0.668. The smallest absolute Gasteiger partial charge is 0.00109 e. The fourth-order valence-corrected chi connectivity index (χ4v) is 3.09. The van der Waals surface area contributed by atoms with E-state index < -0.39 is 0 Å².